The first-order valence-electron chi connectivity index (χ1n) is 13.3. The third-order valence-electron chi connectivity index (χ3n) is 6.99. The maximum Gasteiger partial charge on any atom is 0.343 e. The lowest BCUT2D eigenvalue weighted by Crippen LogP contribution is -2.32. The summed E-state index contributed by atoms with van der Waals surface area (Å²) in [6.07, 6.45) is 2.26. The standard InChI is InChI=1S/C34H34N2O4/c1-22-10-6-7-11-26(22)33(37)40-25-15-16-27(32(19-25)39-5)23-14-17-29-28(18-23)24(20-34(2,3)36-29)21-35-30-12-8-9-13-31(30)38-4/h6-20,35-36H,21H2,1-5H3. The number of para-hydroxylation sites is 2. The number of hydrogen-bond acceptors (Lipinski definition) is 6. The molecule has 0 fully saturated rings. The average molecular weight is 535 g/mol. The molecule has 4 aromatic carbocycles. The Morgan fingerprint density at radius 2 is 1.60 bits per heavy atom. The van der Waals surface area contributed by atoms with Crippen molar-refractivity contribution in [2.75, 3.05) is 31.4 Å². The summed E-state index contributed by atoms with van der Waals surface area (Å²) >= 11 is 0. The van der Waals surface area contributed by atoms with Gasteiger partial charge in [0.25, 0.3) is 0 Å². The average Bonchev–Trinajstić information content (AvgIpc) is 2.95. The van der Waals surface area contributed by atoms with Crippen LogP contribution in [0, 0.1) is 6.92 Å². The molecule has 0 amide bonds. The van der Waals surface area contributed by atoms with E-state index in [-0.39, 0.29) is 5.54 Å². The van der Waals surface area contributed by atoms with Crippen LogP contribution >= 0.6 is 0 Å². The predicted molar refractivity (Wildman–Crippen MR) is 162 cm³/mol. The molecular formula is C34H34N2O4. The van der Waals surface area contributed by atoms with E-state index in [0.717, 1.165) is 39.4 Å². The first kappa shape index (κ1) is 26.9. The number of esters is 1. The van der Waals surface area contributed by atoms with Crippen molar-refractivity contribution in [3.8, 4) is 28.4 Å². The Hall–Kier alpha value is -4.71. The van der Waals surface area contributed by atoms with Gasteiger partial charge in [0.1, 0.15) is 17.2 Å². The lowest BCUT2D eigenvalue weighted by molar-refractivity contribution is 0.0733. The molecule has 0 saturated carbocycles. The molecule has 2 N–H and O–H groups in total. The number of methoxy groups -OCH3 is 2. The van der Waals surface area contributed by atoms with Crippen molar-refractivity contribution in [1.82, 2.24) is 0 Å². The number of fused-ring (bicyclic) bond motifs is 1. The summed E-state index contributed by atoms with van der Waals surface area (Å²) in [4.78, 5) is 12.8. The van der Waals surface area contributed by atoms with Crippen LogP contribution in [-0.2, 0) is 0 Å². The second-order valence-corrected chi connectivity index (χ2v) is 10.4. The van der Waals surface area contributed by atoms with E-state index >= 15 is 0 Å². The molecular weight excluding hydrogens is 500 g/mol. The highest BCUT2D eigenvalue weighted by molar-refractivity contribution is 5.93. The van der Waals surface area contributed by atoms with E-state index in [1.54, 1.807) is 32.4 Å². The van der Waals surface area contributed by atoms with E-state index in [1.165, 1.54) is 5.57 Å². The highest BCUT2D eigenvalue weighted by Crippen LogP contribution is 2.40. The number of benzene rings is 4. The Balaban J connectivity index is 1.43. The minimum atomic E-state index is -0.396. The van der Waals surface area contributed by atoms with Gasteiger partial charge < -0.3 is 24.8 Å². The number of rotatable bonds is 8. The Bertz CT molecular complexity index is 1590. The number of anilines is 2. The van der Waals surface area contributed by atoms with Gasteiger partial charge >= 0.3 is 5.97 Å². The van der Waals surface area contributed by atoms with Gasteiger partial charge in [0.2, 0.25) is 0 Å². The van der Waals surface area contributed by atoms with Crippen molar-refractivity contribution < 1.29 is 19.0 Å². The van der Waals surface area contributed by atoms with Crippen LogP contribution in [0.2, 0.25) is 0 Å². The number of ether oxygens (including phenoxy) is 3. The van der Waals surface area contributed by atoms with Gasteiger partial charge in [-0.3, -0.25) is 0 Å². The summed E-state index contributed by atoms with van der Waals surface area (Å²) in [7, 11) is 3.30. The summed E-state index contributed by atoms with van der Waals surface area (Å²) in [5.74, 6) is 1.46. The van der Waals surface area contributed by atoms with Gasteiger partial charge in [-0.05, 0) is 79.9 Å². The molecule has 0 atom stereocenters. The van der Waals surface area contributed by atoms with Crippen LogP contribution in [0.15, 0.2) is 91.0 Å². The number of carbonyl (C=O) groups excluding carboxylic acids is 1. The molecule has 1 heterocycles. The second-order valence-electron chi connectivity index (χ2n) is 10.4. The molecule has 6 heteroatoms. The predicted octanol–water partition coefficient (Wildman–Crippen LogP) is 7.60. The van der Waals surface area contributed by atoms with Gasteiger partial charge in [0.15, 0.2) is 0 Å². The number of hydrogen-bond donors (Lipinski definition) is 2. The van der Waals surface area contributed by atoms with Crippen LogP contribution in [0.5, 0.6) is 17.2 Å². The molecule has 5 rings (SSSR count). The van der Waals surface area contributed by atoms with Gasteiger partial charge in [0.05, 0.1) is 31.0 Å². The fraction of sp³-hybridized carbons (Fsp3) is 0.206. The van der Waals surface area contributed by atoms with Gasteiger partial charge in [-0.2, -0.15) is 0 Å². The lowest BCUT2D eigenvalue weighted by atomic mass is 9.88. The number of carbonyl (C=O) groups is 1. The fourth-order valence-corrected chi connectivity index (χ4v) is 5.05. The molecule has 1 aliphatic heterocycles. The highest BCUT2D eigenvalue weighted by Gasteiger charge is 2.25. The summed E-state index contributed by atoms with van der Waals surface area (Å²) in [5.41, 5.74) is 7.40. The van der Waals surface area contributed by atoms with Crippen LogP contribution in [0.25, 0.3) is 16.7 Å². The van der Waals surface area contributed by atoms with E-state index in [2.05, 4.69) is 48.8 Å². The van der Waals surface area contributed by atoms with Crippen molar-refractivity contribution in [3.05, 3.63) is 108 Å². The van der Waals surface area contributed by atoms with E-state index in [0.29, 0.717) is 23.6 Å². The molecule has 1 aliphatic rings. The van der Waals surface area contributed by atoms with Crippen LogP contribution in [0.3, 0.4) is 0 Å². The zero-order chi connectivity index (χ0) is 28.3. The van der Waals surface area contributed by atoms with E-state index in [1.807, 2.05) is 55.5 Å². The molecule has 40 heavy (non-hydrogen) atoms. The van der Waals surface area contributed by atoms with Gasteiger partial charge in [0, 0.05) is 29.4 Å². The molecule has 0 unspecified atom stereocenters. The largest absolute Gasteiger partial charge is 0.496 e. The van der Waals surface area contributed by atoms with Gasteiger partial charge in [-0.15, -0.1) is 0 Å². The van der Waals surface area contributed by atoms with E-state index < -0.39 is 5.97 Å². The highest BCUT2D eigenvalue weighted by atomic mass is 16.5. The van der Waals surface area contributed by atoms with Crippen LogP contribution in [0.1, 0.15) is 35.3 Å². The Morgan fingerprint density at radius 1 is 0.850 bits per heavy atom. The first-order chi connectivity index (χ1) is 19.3. The fourth-order valence-electron chi connectivity index (χ4n) is 5.05. The molecule has 0 spiro atoms. The smallest absolute Gasteiger partial charge is 0.343 e. The zero-order valence-corrected chi connectivity index (χ0v) is 23.5. The zero-order valence-electron chi connectivity index (χ0n) is 23.5. The Kier molecular flexibility index (Phi) is 7.52. The summed E-state index contributed by atoms with van der Waals surface area (Å²) in [6.45, 7) is 6.84. The summed E-state index contributed by atoms with van der Waals surface area (Å²) in [5, 5.41) is 7.17. The van der Waals surface area contributed by atoms with Gasteiger partial charge in [-0.25, -0.2) is 4.79 Å². The molecule has 0 aliphatic carbocycles. The third kappa shape index (κ3) is 5.66. The second kappa shape index (κ2) is 11.2. The van der Waals surface area contributed by atoms with Crippen molar-refractivity contribution in [2.45, 2.75) is 26.3 Å². The Morgan fingerprint density at radius 3 is 2.38 bits per heavy atom. The topological polar surface area (TPSA) is 68.8 Å². The Labute approximate surface area is 235 Å². The number of nitrogens with one attached hydrogen (secondary N) is 2. The number of aryl methyl sites for hydroxylation is 1. The molecule has 204 valence electrons. The molecule has 0 radical (unpaired) electrons. The SMILES string of the molecule is COc1ccccc1NCC1=CC(C)(C)Nc2ccc(-c3ccc(OC(=O)c4ccccc4C)cc3OC)cc21. The monoisotopic (exact) mass is 534 g/mol. The molecule has 4 aromatic rings. The molecule has 6 nitrogen and oxygen atoms in total. The minimum absolute atomic E-state index is 0.202. The molecule has 0 aromatic heterocycles. The van der Waals surface area contributed by atoms with Crippen molar-refractivity contribution in [2.24, 2.45) is 0 Å². The van der Waals surface area contributed by atoms with E-state index in [4.69, 9.17) is 14.2 Å². The normalized spacial score (nSPS) is 13.4. The third-order valence-corrected chi connectivity index (χ3v) is 6.99. The molecule has 0 bridgehead atoms. The summed E-state index contributed by atoms with van der Waals surface area (Å²) < 4.78 is 16.9. The van der Waals surface area contributed by atoms with Gasteiger partial charge in [-0.1, -0.05) is 42.5 Å². The summed E-state index contributed by atoms with van der Waals surface area (Å²) in [6, 6.07) is 27.1. The quantitative estimate of drug-likeness (QED) is 0.179. The van der Waals surface area contributed by atoms with E-state index in [9.17, 15) is 4.79 Å². The minimum Gasteiger partial charge on any atom is -0.496 e. The van der Waals surface area contributed by atoms with Crippen molar-refractivity contribution in [1.29, 1.82) is 0 Å². The maximum atomic E-state index is 12.8. The van der Waals surface area contributed by atoms with Crippen LogP contribution in [0.4, 0.5) is 11.4 Å². The molecule has 0 saturated heterocycles. The maximum absolute atomic E-state index is 12.8. The van der Waals surface area contributed by atoms with Crippen molar-refractivity contribution in [3.63, 3.8) is 0 Å². The first-order valence-corrected chi connectivity index (χ1v) is 13.3. The van der Waals surface area contributed by atoms with Crippen LogP contribution in [-0.4, -0.2) is 32.3 Å². The van der Waals surface area contributed by atoms with Crippen molar-refractivity contribution >= 4 is 22.9 Å². The van der Waals surface area contributed by atoms with Crippen LogP contribution < -0.4 is 24.8 Å². The lowest BCUT2D eigenvalue weighted by Gasteiger charge is -2.33.